The predicted octanol–water partition coefficient (Wildman–Crippen LogP) is 2.73. The first-order valence-corrected chi connectivity index (χ1v) is 7.97. The van der Waals surface area contributed by atoms with Crippen LogP contribution in [0.1, 0.15) is 42.5 Å². The summed E-state index contributed by atoms with van der Waals surface area (Å²) in [5.74, 6) is 0.286. The Morgan fingerprint density at radius 1 is 1.48 bits per heavy atom. The lowest BCUT2D eigenvalue weighted by molar-refractivity contribution is -0.126. The molecule has 21 heavy (non-hydrogen) atoms. The van der Waals surface area contributed by atoms with E-state index in [2.05, 4.69) is 17.2 Å². The SMILES string of the molecule is CCc1cnc(CCNC(=O)C2CCCC(N)C2)s1.Cl.Cl. The minimum atomic E-state index is 0. The number of carbonyl (C=O) groups is 1. The Kier molecular flexibility index (Phi) is 10.2. The van der Waals surface area contributed by atoms with E-state index in [9.17, 15) is 4.79 Å². The van der Waals surface area contributed by atoms with E-state index in [1.165, 1.54) is 4.88 Å². The quantitative estimate of drug-likeness (QED) is 0.854. The van der Waals surface area contributed by atoms with Crippen molar-refractivity contribution in [2.45, 2.75) is 51.5 Å². The standard InChI is InChI=1S/C14H23N3OS.2ClH/c1-2-12-9-17-13(19-12)6-7-16-14(18)10-4-3-5-11(15)8-10;;/h9-11H,2-8,15H2,1H3,(H,16,18);2*1H. The molecule has 0 saturated heterocycles. The molecule has 0 aliphatic heterocycles. The van der Waals surface area contributed by atoms with Gasteiger partial charge in [0.25, 0.3) is 0 Å². The van der Waals surface area contributed by atoms with E-state index in [1.807, 2.05) is 6.20 Å². The van der Waals surface area contributed by atoms with Crippen molar-refractivity contribution in [2.24, 2.45) is 11.7 Å². The average molecular weight is 354 g/mol. The van der Waals surface area contributed by atoms with Gasteiger partial charge in [-0.15, -0.1) is 36.2 Å². The summed E-state index contributed by atoms with van der Waals surface area (Å²) >= 11 is 1.74. The van der Waals surface area contributed by atoms with Crippen LogP contribution in [0.5, 0.6) is 0 Å². The van der Waals surface area contributed by atoms with E-state index >= 15 is 0 Å². The first-order valence-electron chi connectivity index (χ1n) is 7.16. The van der Waals surface area contributed by atoms with Crippen molar-refractivity contribution in [3.63, 3.8) is 0 Å². The molecule has 2 atom stereocenters. The fraction of sp³-hybridized carbons (Fsp3) is 0.714. The highest BCUT2D eigenvalue weighted by Gasteiger charge is 2.24. The van der Waals surface area contributed by atoms with E-state index in [0.717, 1.165) is 43.5 Å². The van der Waals surface area contributed by atoms with Gasteiger partial charge < -0.3 is 11.1 Å². The Morgan fingerprint density at radius 3 is 2.86 bits per heavy atom. The maximum Gasteiger partial charge on any atom is 0.223 e. The van der Waals surface area contributed by atoms with Crippen LogP contribution in [-0.4, -0.2) is 23.5 Å². The number of aryl methyl sites for hydroxylation is 1. The first-order chi connectivity index (χ1) is 9.19. The van der Waals surface area contributed by atoms with Crippen LogP contribution >= 0.6 is 36.2 Å². The zero-order valence-electron chi connectivity index (χ0n) is 12.3. The topological polar surface area (TPSA) is 68.0 Å². The second kappa shape index (κ2) is 10.4. The Balaban J connectivity index is 0.00000200. The number of aromatic nitrogens is 1. The normalized spacial score (nSPS) is 21.0. The molecule has 1 fully saturated rings. The van der Waals surface area contributed by atoms with Crippen molar-refractivity contribution in [3.05, 3.63) is 16.1 Å². The highest BCUT2D eigenvalue weighted by molar-refractivity contribution is 7.11. The zero-order chi connectivity index (χ0) is 13.7. The van der Waals surface area contributed by atoms with Crippen molar-refractivity contribution in [2.75, 3.05) is 6.54 Å². The molecule has 7 heteroatoms. The monoisotopic (exact) mass is 353 g/mol. The maximum absolute atomic E-state index is 12.0. The minimum Gasteiger partial charge on any atom is -0.355 e. The van der Waals surface area contributed by atoms with Crippen LogP contribution in [-0.2, 0) is 17.6 Å². The summed E-state index contributed by atoms with van der Waals surface area (Å²) in [6, 6.07) is 0.204. The molecular formula is C14H25Cl2N3OS. The second-order valence-electron chi connectivity index (χ2n) is 5.24. The zero-order valence-corrected chi connectivity index (χ0v) is 14.8. The van der Waals surface area contributed by atoms with Crippen LogP contribution in [0.3, 0.4) is 0 Å². The summed E-state index contributed by atoms with van der Waals surface area (Å²) < 4.78 is 0. The molecule has 1 heterocycles. The largest absolute Gasteiger partial charge is 0.355 e. The molecule has 1 aliphatic rings. The van der Waals surface area contributed by atoms with E-state index in [1.54, 1.807) is 11.3 Å². The minimum absolute atomic E-state index is 0. The number of hydrogen-bond acceptors (Lipinski definition) is 4. The van der Waals surface area contributed by atoms with Crippen molar-refractivity contribution in [3.8, 4) is 0 Å². The van der Waals surface area contributed by atoms with Crippen molar-refractivity contribution >= 4 is 42.1 Å². The number of carbonyl (C=O) groups excluding carboxylic acids is 1. The Morgan fingerprint density at radius 2 is 2.24 bits per heavy atom. The number of hydrogen-bond donors (Lipinski definition) is 2. The molecule has 1 aromatic rings. The summed E-state index contributed by atoms with van der Waals surface area (Å²) in [5, 5.41) is 4.13. The molecule has 122 valence electrons. The van der Waals surface area contributed by atoms with Gasteiger partial charge in [0.1, 0.15) is 0 Å². The van der Waals surface area contributed by atoms with Gasteiger partial charge in [0.2, 0.25) is 5.91 Å². The van der Waals surface area contributed by atoms with Crippen LogP contribution in [0.25, 0.3) is 0 Å². The molecular weight excluding hydrogens is 329 g/mol. The summed E-state index contributed by atoms with van der Waals surface area (Å²) in [6.45, 7) is 2.81. The number of nitrogens with two attached hydrogens (primary N) is 1. The summed E-state index contributed by atoms with van der Waals surface area (Å²) in [6.07, 6.45) is 7.75. The molecule has 0 bridgehead atoms. The van der Waals surface area contributed by atoms with Gasteiger partial charge in [-0.05, 0) is 25.7 Å². The molecule has 1 amide bonds. The Hall–Kier alpha value is -0.360. The van der Waals surface area contributed by atoms with Crippen molar-refractivity contribution in [1.29, 1.82) is 0 Å². The van der Waals surface area contributed by atoms with Gasteiger partial charge >= 0.3 is 0 Å². The van der Waals surface area contributed by atoms with Gasteiger partial charge in [0, 0.05) is 36.0 Å². The number of halogens is 2. The lowest BCUT2D eigenvalue weighted by Gasteiger charge is -2.25. The molecule has 2 rings (SSSR count). The Bertz CT molecular complexity index is 428. The number of rotatable bonds is 5. The summed E-state index contributed by atoms with van der Waals surface area (Å²) in [5.41, 5.74) is 5.91. The van der Waals surface area contributed by atoms with Crippen LogP contribution in [0.15, 0.2) is 6.20 Å². The predicted molar refractivity (Wildman–Crippen MR) is 92.6 cm³/mol. The summed E-state index contributed by atoms with van der Waals surface area (Å²) in [7, 11) is 0. The van der Waals surface area contributed by atoms with Crippen LogP contribution in [0, 0.1) is 5.92 Å². The van der Waals surface area contributed by atoms with Gasteiger partial charge in [-0.3, -0.25) is 4.79 Å². The molecule has 1 aliphatic carbocycles. The number of nitrogens with one attached hydrogen (secondary N) is 1. The first kappa shape index (κ1) is 20.6. The Labute approximate surface area is 143 Å². The van der Waals surface area contributed by atoms with E-state index in [0.29, 0.717) is 6.54 Å². The van der Waals surface area contributed by atoms with Gasteiger partial charge in [0.15, 0.2) is 0 Å². The molecule has 0 aromatic carbocycles. The average Bonchev–Trinajstić information content (AvgIpc) is 2.86. The highest BCUT2D eigenvalue weighted by Crippen LogP contribution is 2.23. The van der Waals surface area contributed by atoms with E-state index in [4.69, 9.17) is 5.73 Å². The lowest BCUT2D eigenvalue weighted by Crippen LogP contribution is -2.38. The van der Waals surface area contributed by atoms with Gasteiger partial charge in [-0.25, -0.2) is 4.98 Å². The van der Waals surface area contributed by atoms with Gasteiger partial charge in [-0.1, -0.05) is 13.3 Å². The summed E-state index contributed by atoms with van der Waals surface area (Å²) in [4.78, 5) is 17.7. The highest BCUT2D eigenvalue weighted by atomic mass is 35.5. The fourth-order valence-electron chi connectivity index (χ4n) is 2.53. The van der Waals surface area contributed by atoms with Gasteiger partial charge in [-0.2, -0.15) is 0 Å². The van der Waals surface area contributed by atoms with Crippen LogP contribution < -0.4 is 11.1 Å². The fourth-order valence-corrected chi connectivity index (χ4v) is 3.39. The van der Waals surface area contributed by atoms with Crippen LogP contribution in [0.4, 0.5) is 0 Å². The molecule has 0 spiro atoms. The van der Waals surface area contributed by atoms with Gasteiger partial charge in [0.05, 0.1) is 5.01 Å². The number of nitrogens with zero attached hydrogens (tertiary/aromatic N) is 1. The van der Waals surface area contributed by atoms with E-state index in [-0.39, 0.29) is 42.7 Å². The molecule has 3 N–H and O–H groups in total. The smallest absolute Gasteiger partial charge is 0.223 e. The molecule has 1 saturated carbocycles. The number of thiazole rings is 1. The van der Waals surface area contributed by atoms with Crippen molar-refractivity contribution < 1.29 is 4.79 Å². The third-order valence-electron chi connectivity index (χ3n) is 3.67. The molecule has 0 radical (unpaired) electrons. The third kappa shape index (κ3) is 6.51. The molecule has 4 nitrogen and oxygen atoms in total. The molecule has 2 unspecified atom stereocenters. The third-order valence-corrected chi connectivity index (χ3v) is 4.87. The van der Waals surface area contributed by atoms with E-state index < -0.39 is 0 Å². The molecule has 1 aromatic heterocycles. The van der Waals surface area contributed by atoms with Crippen molar-refractivity contribution in [1.82, 2.24) is 10.3 Å². The lowest BCUT2D eigenvalue weighted by atomic mass is 9.85. The second-order valence-corrected chi connectivity index (χ2v) is 6.44. The van der Waals surface area contributed by atoms with Crippen LogP contribution in [0.2, 0.25) is 0 Å². The maximum atomic E-state index is 12.0. The number of amides is 1.